The number of aromatic nitrogens is 4. The number of alkyl carbamates (subject to hydrolysis) is 1. The summed E-state index contributed by atoms with van der Waals surface area (Å²) in [5.74, 6) is -0.395. The number of imidazole rings is 1. The fraction of sp³-hybridized carbons (Fsp3) is 0.529. The number of benzene rings is 1. The van der Waals surface area contributed by atoms with E-state index in [9.17, 15) is 47.8 Å². The lowest BCUT2D eigenvalue weighted by atomic mass is 9.79. The number of H-pyrrole nitrogens is 1. The van der Waals surface area contributed by atoms with Crippen molar-refractivity contribution in [2.75, 3.05) is 36.9 Å². The van der Waals surface area contributed by atoms with Gasteiger partial charge in [0.05, 0.1) is 13.7 Å². The molecule has 2 aliphatic heterocycles. The number of anilines is 2. The molecular weight excluding hydrogens is 901 g/mol. The highest BCUT2D eigenvalue weighted by molar-refractivity contribution is 7.66. The van der Waals surface area contributed by atoms with E-state index in [1.54, 1.807) is 0 Å². The highest BCUT2D eigenvalue weighted by Crippen LogP contribution is 2.66. The smallest absolute Gasteiger partial charge is 0.440 e. The van der Waals surface area contributed by atoms with E-state index in [4.69, 9.17) is 33.9 Å². The highest BCUT2D eigenvalue weighted by Gasteiger charge is 2.51. The van der Waals surface area contributed by atoms with Gasteiger partial charge >= 0.3 is 40.8 Å². The molecule has 1 aromatic carbocycles. The Balaban J connectivity index is 1.06. The zero-order valence-corrected chi connectivity index (χ0v) is 37.1. The summed E-state index contributed by atoms with van der Waals surface area (Å²) >= 11 is 0. The van der Waals surface area contributed by atoms with Gasteiger partial charge in [-0.3, -0.25) is 23.7 Å². The van der Waals surface area contributed by atoms with E-state index in [2.05, 4.69) is 61.0 Å². The van der Waals surface area contributed by atoms with E-state index in [-0.39, 0.29) is 54.0 Å². The molecule has 346 valence electrons. The lowest BCUT2D eigenvalue weighted by molar-refractivity contribution is -0.745. The Bertz CT molecular complexity index is 2680. The Morgan fingerprint density at radius 2 is 1.78 bits per heavy atom. The van der Waals surface area contributed by atoms with E-state index < -0.39 is 71.9 Å². The normalized spacial score (nSPS) is 23.0. The number of rotatable bonds is 16. The van der Waals surface area contributed by atoms with E-state index in [1.807, 2.05) is 13.0 Å². The van der Waals surface area contributed by atoms with Crippen molar-refractivity contribution in [3.63, 3.8) is 0 Å². The lowest BCUT2D eigenvalue weighted by Gasteiger charge is -2.47. The first-order valence-electron chi connectivity index (χ1n) is 19.2. The predicted octanol–water partition coefficient (Wildman–Crippen LogP) is 0.931. The molecule has 63 heavy (non-hydrogen) atoms. The topological polar surface area (TPSA) is 371 Å². The molecule has 5 heterocycles. The number of carbonyl (C=O) groups is 2. The molecule has 1 saturated heterocycles. The number of aromatic amines is 1. The average Bonchev–Trinajstić information content (AvgIpc) is 3.62. The molecule has 6 rings (SSSR count). The quantitative estimate of drug-likeness (QED) is 0.0326. The van der Waals surface area contributed by atoms with Crippen molar-refractivity contribution < 1.29 is 79.6 Å². The van der Waals surface area contributed by atoms with Gasteiger partial charge in [0.1, 0.15) is 11.7 Å². The van der Waals surface area contributed by atoms with Crippen LogP contribution in [-0.2, 0) is 48.2 Å². The number of nitrogens with zero attached hydrogens (tertiary/aromatic N) is 4. The molecule has 0 bridgehead atoms. The van der Waals surface area contributed by atoms with Gasteiger partial charge in [-0.05, 0) is 56.7 Å². The molecule has 7 atom stereocenters. The van der Waals surface area contributed by atoms with Gasteiger partial charge in [0, 0.05) is 54.8 Å². The molecule has 0 radical (unpaired) electrons. The number of aliphatic hydroxyl groups is 1. The number of hydrogen-bond donors (Lipinski definition) is 9. The van der Waals surface area contributed by atoms with Gasteiger partial charge in [-0.2, -0.15) is 8.62 Å². The number of nitrogen functional groups attached to an aromatic ring is 1. The van der Waals surface area contributed by atoms with Crippen molar-refractivity contribution in [2.24, 2.45) is 7.05 Å². The largest absolute Gasteiger partial charge is 0.490 e. The van der Waals surface area contributed by atoms with Crippen molar-refractivity contribution in [3.8, 4) is 0 Å². The fourth-order valence-electron chi connectivity index (χ4n) is 7.89. The van der Waals surface area contributed by atoms with E-state index in [1.165, 1.54) is 24.0 Å². The minimum Gasteiger partial charge on any atom is -0.440 e. The number of carbonyl (C=O) groups excluding carboxylic acids is 2. The summed E-state index contributed by atoms with van der Waals surface area (Å²) in [5.41, 5.74) is 7.56. The SMILES string of the molecule is Cc1cc(=O)oc2cc3c(cc12)C(C)CC(C)(C)N3CCCC(=O)NCCNC(=O)O[C@H]1[C@@H](O)[C@H]([n+]2cn(C)c3c(=O)[nH]c(N)nc32)O[C@@H]1COP(=O)(O)OP(=O)(O)OP(=O)(O)O. The van der Waals surface area contributed by atoms with Gasteiger partial charge in [0.15, 0.2) is 18.5 Å². The minimum atomic E-state index is -5.90. The minimum absolute atomic E-state index is 0.0238. The number of fused-ring (bicyclic) bond motifs is 3. The number of aliphatic hydroxyl groups excluding tert-OH is 1. The summed E-state index contributed by atoms with van der Waals surface area (Å²) in [6, 6.07) is 5.41. The summed E-state index contributed by atoms with van der Waals surface area (Å²) in [4.78, 5) is 96.4. The third kappa shape index (κ3) is 11.2. The highest BCUT2D eigenvalue weighted by atomic mass is 31.3. The van der Waals surface area contributed by atoms with Gasteiger partial charge in [-0.25, -0.2) is 27.9 Å². The molecule has 2 amide bonds. The second-order valence-corrected chi connectivity index (χ2v) is 20.1. The van der Waals surface area contributed by atoms with Crippen LogP contribution in [0, 0.1) is 6.92 Å². The maximum absolute atomic E-state index is 13.0. The first-order chi connectivity index (χ1) is 29.2. The van der Waals surface area contributed by atoms with E-state index >= 15 is 0 Å². The summed E-state index contributed by atoms with van der Waals surface area (Å²) in [7, 11) is -15.8. The molecule has 0 spiro atoms. The van der Waals surface area contributed by atoms with Crippen LogP contribution in [0.1, 0.15) is 63.3 Å². The Labute approximate surface area is 356 Å². The molecular formula is C34H48N8O18P3+. The van der Waals surface area contributed by atoms with Crippen LogP contribution in [0.3, 0.4) is 0 Å². The first kappa shape index (κ1) is 47.9. The van der Waals surface area contributed by atoms with Gasteiger partial charge in [0.2, 0.25) is 17.7 Å². The van der Waals surface area contributed by atoms with Gasteiger partial charge in [0.25, 0.3) is 11.5 Å². The Hall–Kier alpha value is -4.55. The number of phosphoric ester groups is 1. The van der Waals surface area contributed by atoms with Gasteiger partial charge in [-0.15, -0.1) is 0 Å². The Morgan fingerprint density at radius 3 is 2.48 bits per heavy atom. The number of nitrogens with two attached hydrogens (primary N) is 1. The number of amides is 2. The number of nitrogens with one attached hydrogen (secondary N) is 3. The number of ether oxygens (including phenoxy) is 2. The van der Waals surface area contributed by atoms with Crippen LogP contribution in [0.2, 0.25) is 0 Å². The van der Waals surface area contributed by atoms with Crippen LogP contribution in [0.4, 0.5) is 16.4 Å². The van der Waals surface area contributed by atoms with Crippen LogP contribution in [-0.4, -0.2) is 101 Å². The van der Waals surface area contributed by atoms with E-state index in [0.29, 0.717) is 18.5 Å². The first-order valence-corrected chi connectivity index (χ1v) is 23.7. The van der Waals surface area contributed by atoms with Gasteiger partial charge in [-0.1, -0.05) is 11.9 Å². The molecule has 2 aliphatic rings. The zero-order valence-electron chi connectivity index (χ0n) is 34.4. The molecule has 1 fully saturated rings. The van der Waals surface area contributed by atoms with Crippen molar-refractivity contribution in [1.82, 2.24) is 25.2 Å². The lowest BCUT2D eigenvalue weighted by Crippen LogP contribution is -2.49. The third-order valence-corrected chi connectivity index (χ3v) is 14.2. The van der Waals surface area contributed by atoms with Crippen molar-refractivity contribution in [2.45, 2.75) is 83.0 Å². The molecule has 0 aliphatic carbocycles. The maximum atomic E-state index is 13.0. The van der Waals surface area contributed by atoms with E-state index in [0.717, 1.165) is 33.2 Å². The van der Waals surface area contributed by atoms with Crippen LogP contribution in [0.15, 0.2) is 38.5 Å². The summed E-state index contributed by atoms with van der Waals surface area (Å²) in [5, 5.41) is 17.3. The molecule has 29 heteroatoms. The Kier molecular flexibility index (Phi) is 13.8. The predicted molar refractivity (Wildman–Crippen MR) is 218 cm³/mol. The fourth-order valence-corrected chi connectivity index (χ4v) is 10.9. The van der Waals surface area contributed by atoms with Crippen molar-refractivity contribution >= 4 is 69.2 Å². The maximum Gasteiger partial charge on any atom is 0.490 e. The standard InChI is InChI=1S/C34H47N8O18P3/c1-17-11-25(44)56-22-13-21-19(12-20(17)22)18(2)14-34(3,4)42(21)10-6-7-24(43)36-8-9-37-33(47)58-28-23(15-55-62(51,52)60-63(53,54)59-61(48,49)50)57-31(27(28)45)41-16-40(5)26-29(41)38-32(35)39-30(26)46/h11-13,16,18,23,27-28,31,45H,6-10,14-15H2,1-5H3,(H8-,35,36,37,38,39,43,46,47,48,49,50,51,52,53,54)/p+1/t18?,23-,27-,28-,31-/m1/s1. The number of hydrogen-bond acceptors (Lipinski definition) is 17. The van der Waals surface area contributed by atoms with Crippen LogP contribution in [0.5, 0.6) is 0 Å². The second-order valence-electron chi connectivity index (χ2n) is 15.7. The summed E-state index contributed by atoms with van der Waals surface area (Å²) in [6.07, 6.45) is -5.25. The molecule has 3 aromatic heterocycles. The molecule has 4 aromatic rings. The van der Waals surface area contributed by atoms with Crippen LogP contribution < -0.4 is 37.0 Å². The molecule has 26 nitrogen and oxygen atoms in total. The van der Waals surface area contributed by atoms with Crippen molar-refractivity contribution in [3.05, 3.63) is 56.4 Å². The number of phosphoric acid groups is 3. The third-order valence-electron chi connectivity index (χ3n) is 10.4. The molecule has 0 saturated carbocycles. The monoisotopic (exact) mass is 949 g/mol. The average molecular weight is 950 g/mol. The molecule has 10 N–H and O–H groups in total. The van der Waals surface area contributed by atoms with Crippen LogP contribution in [0.25, 0.3) is 22.1 Å². The summed E-state index contributed by atoms with van der Waals surface area (Å²) < 4.78 is 66.7. The number of aryl methyl sites for hydroxylation is 2. The Morgan fingerprint density at radius 1 is 1.08 bits per heavy atom. The second kappa shape index (κ2) is 18.1. The van der Waals surface area contributed by atoms with Crippen molar-refractivity contribution in [1.29, 1.82) is 0 Å². The van der Waals surface area contributed by atoms with Crippen LogP contribution >= 0.6 is 23.5 Å². The van der Waals surface area contributed by atoms with Gasteiger partial charge < -0.3 is 59.8 Å². The zero-order chi connectivity index (χ0) is 46.4. The molecule has 3 unspecified atom stereocenters. The summed E-state index contributed by atoms with van der Waals surface area (Å²) in [6.45, 7) is 7.40.